The van der Waals surface area contributed by atoms with Crippen LogP contribution in [0.15, 0.2) is 102 Å². The van der Waals surface area contributed by atoms with E-state index in [-0.39, 0.29) is 18.1 Å². The van der Waals surface area contributed by atoms with Crippen molar-refractivity contribution in [2.24, 2.45) is 0 Å². The fraction of sp³-hybridized carbons (Fsp3) is 0.258. The first-order chi connectivity index (χ1) is 20.2. The minimum absolute atomic E-state index is 0.0105. The van der Waals surface area contributed by atoms with E-state index in [1.54, 1.807) is 4.57 Å². The summed E-state index contributed by atoms with van der Waals surface area (Å²) in [5, 5.41) is 0. The number of aromatic nitrogens is 4. The quantitative estimate of drug-likeness (QED) is 0.252. The first-order valence-corrected chi connectivity index (χ1v) is 13.5. The molecule has 0 saturated carbocycles. The zero-order chi connectivity index (χ0) is 28.0. The summed E-state index contributed by atoms with van der Waals surface area (Å²) < 4.78 is 27.4. The second-order valence-corrected chi connectivity index (χ2v) is 9.86. The molecular formula is C31H31N5O5. The Bertz CT molecular complexity index is 1610. The molecule has 0 radical (unpaired) electrons. The van der Waals surface area contributed by atoms with Gasteiger partial charge in [0.15, 0.2) is 17.4 Å². The SMILES string of the molecule is Nc1nc2c(ncn2C2OC(COCc3ccccc3)C(OCc3ccccc3)C2OCc2ccccc2)c(=O)[nH]1. The van der Waals surface area contributed by atoms with Gasteiger partial charge >= 0.3 is 0 Å². The van der Waals surface area contributed by atoms with Gasteiger partial charge in [0.05, 0.1) is 32.8 Å². The van der Waals surface area contributed by atoms with Crippen molar-refractivity contribution in [1.29, 1.82) is 0 Å². The summed E-state index contributed by atoms with van der Waals surface area (Å²) >= 11 is 0. The van der Waals surface area contributed by atoms with E-state index in [1.165, 1.54) is 6.33 Å². The van der Waals surface area contributed by atoms with Crippen molar-refractivity contribution in [3.8, 4) is 0 Å². The number of nitrogen functional groups attached to an aromatic ring is 1. The Morgan fingerprint density at radius 2 is 1.37 bits per heavy atom. The Morgan fingerprint density at radius 1 is 0.805 bits per heavy atom. The summed E-state index contributed by atoms with van der Waals surface area (Å²) in [7, 11) is 0. The highest BCUT2D eigenvalue weighted by atomic mass is 16.6. The predicted octanol–water partition coefficient (Wildman–Crippen LogP) is 3.99. The molecule has 1 aliphatic heterocycles. The van der Waals surface area contributed by atoms with E-state index < -0.39 is 30.1 Å². The number of H-pyrrole nitrogens is 1. The average Bonchev–Trinajstić information content (AvgIpc) is 3.57. The summed E-state index contributed by atoms with van der Waals surface area (Å²) in [6, 6.07) is 29.8. The van der Waals surface area contributed by atoms with E-state index in [0.29, 0.717) is 25.5 Å². The molecule has 1 fully saturated rings. The molecule has 0 spiro atoms. The van der Waals surface area contributed by atoms with Crippen LogP contribution >= 0.6 is 0 Å². The number of hydrogen-bond acceptors (Lipinski definition) is 8. The van der Waals surface area contributed by atoms with Crippen molar-refractivity contribution in [2.45, 2.75) is 44.4 Å². The van der Waals surface area contributed by atoms with Crippen LogP contribution < -0.4 is 11.3 Å². The van der Waals surface area contributed by atoms with Gasteiger partial charge in [-0.3, -0.25) is 14.3 Å². The molecule has 41 heavy (non-hydrogen) atoms. The number of fused-ring (bicyclic) bond motifs is 1. The summed E-state index contributed by atoms with van der Waals surface area (Å²) in [6.45, 7) is 1.38. The lowest BCUT2D eigenvalue weighted by atomic mass is 10.1. The lowest BCUT2D eigenvalue weighted by molar-refractivity contribution is -0.0913. The molecule has 3 aromatic carbocycles. The Hall–Kier alpha value is -4.35. The Balaban J connectivity index is 1.32. The molecule has 6 rings (SSSR count). The number of imidazole rings is 1. The number of nitrogens with zero attached hydrogens (tertiary/aromatic N) is 3. The fourth-order valence-electron chi connectivity index (χ4n) is 4.97. The molecule has 3 heterocycles. The normalized spacial score (nSPS) is 20.5. The second kappa shape index (κ2) is 12.4. The third-order valence-electron chi connectivity index (χ3n) is 6.97. The number of benzene rings is 3. The third kappa shape index (κ3) is 6.21. The van der Waals surface area contributed by atoms with Crippen molar-refractivity contribution < 1.29 is 18.9 Å². The molecule has 1 aliphatic rings. The summed E-state index contributed by atoms with van der Waals surface area (Å²) in [5.41, 5.74) is 9.01. The number of anilines is 1. The fourth-order valence-corrected chi connectivity index (χ4v) is 4.97. The van der Waals surface area contributed by atoms with Crippen LogP contribution in [0.2, 0.25) is 0 Å². The molecule has 0 amide bonds. The standard InChI is InChI=1S/C31H31N5O5/c32-31-34-28-25(29(37)35-31)33-20-36(28)30-27(40-18-23-14-8-3-9-15-23)26(39-17-22-12-6-2-7-13-22)24(41-30)19-38-16-21-10-4-1-5-11-21/h1-15,20,24,26-27,30H,16-19H2,(H3,32,34,35,37). The highest BCUT2D eigenvalue weighted by Crippen LogP contribution is 2.36. The Labute approximate surface area is 236 Å². The van der Waals surface area contributed by atoms with E-state index in [4.69, 9.17) is 24.7 Å². The molecule has 3 N–H and O–H groups in total. The van der Waals surface area contributed by atoms with E-state index >= 15 is 0 Å². The maximum Gasteiger partial charge on any atom is 0.280 e. The van der Waals surface area contributed by atoms with Gasteiger partial charge in [-0.05, 0) is 16.7 Å². The smallest absolute Gasteiger partial charge is 0.280 e. The van der Waals surface area contributed by atoms with Crippen molar-refractivity contribution in [3.63, 3.8) is 0 Å². The second-order valence-electron chi connectivity index (χ2n) is 9.86. The molecule has 2 aromatic heterocycles. The van der Waals surface area contributed by atoms with Gasteiger partial charge in [-0.15, -0.1) is 0 Å². The van der Waals surface area contributed by atoms with Crippen molar-refractivity contribution in [2.75, 3.05) is 12.3 Å². The molecule has 4 unspecified atom stereocenters. The van der Waals surface area contributed by atoms with Gasteiger partial charge in [0.1, 0.15) is 18.3 Å². The number of nitrogens with two attached hydrogens (primary N) is 1. The molecule has 5 aromatic rings. The maximum absolute atomic E-state index is 12.5. The highest BCUT2D eigenvalue weighted by molar-refractivity contribution is 5.70. The maximum atomic E-state index is 12.5. The van der Waals surface area contributed by atoms with E-state index in [0.717, 1.165) is 16.7 Å². The van der Waals surface area contributed by atoms with Gasteiger partial charge in [0.25, 0.3) is 5.56 Å². The predicted molar refractivity (Wildman–Crippen MR) is 153 cm³/mol. The summed E-state index contributed by atoms with van der Waals surface area (Å²) in [6.07, 6.45) is -0.744. The van der Waals surface area contributed by atoms with Gasteiger partial charge < -0.3 is 24.7 Å². The zero-order valence-corrected chi connectivity index (χ0v) is 22.3. The van der Waals surface area contributed by atoms with Crippen LogP contribution in [0, 0.1) is 0 Å². The third-order valence-corrected chi connectivity index (χ3v) is 6.97. The van der Waals surface area contributed by atoms with Crippen molar-refractivity contribution in [1.82, 2.24) is 19.5 Å². The van der Waals surface area contributed by atoms with Gasteiger partial charge in [0.2, 0.25) is 5.95 Å². The molecule has 10 heteroatoms. The average molecular weight is 554 g/mol. The molecule has 210 valence electrons. The van der Waals surface area contributed by atoms with Gasteiger partial charge in [-0.25, -0.2) is 4.98 Å². The van der Waals surface area contributed by atoms with E-state index in [1.807, 2.05) is 91.0 Å². The number of nitrogens with one attached hydrogen (secondary N) is 1. The number of ether oxygens (including phenoxy) is 4. The van der Waals surface area contributed by atoms with Gasteiger partial charge in [-0.2, -0.15) is 4.98 Å². The van der Waals surface area contributed by atoms with E-state index in [2.05, 4.69) is 15.0 Å². The minimum atomic E-state index is -0.705. The molecule has 4 atom stereocenters. The van der Waals surface area contributed by atoms with E-state index in [9.17, 15) is 4.79 Å². The van der Waals surface area contributed by atoms with Crippen molar-refractivity contribution in [3.05, 3.63) is 124 Å². The monoisotopic (exact) mass is 553 g/mol. The van der Waals surface area contributed by atoms with Crippen LogP contribution in [0.5, 0.6) is 0 Å². The number of rotatable bonds is 11. The number of aromatic amines is 1. The van der Waals surface area contributed by atoms with Crippen molar-refractivity contribution >= 4 is 17.1 Å². The van der Waals surface area contributed by atoms with Crippen LogP contribution in [-0.2, 0) is 38.8 Å². The first-order valence-electron chi connectivity index (χ1n) is 13.5. The summed E-state index contributed by atoms with van der Waals surface area (Å²) in [5.74, 6) is -0.0105. The highest BCUT2D eigenvalue weighted by Gasteiger charge is 2.48. The molecular weight excluding hydrogens is 522 g/mol. The van der Waals surface area contributed by atoms with Gasteiger partial charge in [0, 0.05) is 0 Å². The largest absolute Gasteiger partial charge is 0.374 e. The molecule has 1 saturated heterocycles. The van der Waals surface area contributed by atoms with Crippen LogP contribution in [0.3, 0.4) is 0 Å². The van der Waals surface area contributed by atoms with Crippen LogP contribution in [-0.4, -0.2) is 44.4 Å². The number of hydrogen-bond donors (Lipinski definition) is 2. The molecule has 0 aliphatic carbocycles. The van der Waals surface area contributed by atoms with Crippen LogP contribution in [0.4, 0.5) is 5.95 Å². The van der Waals surface area contributed by atoms with Crippen LogP contribution in [0.1, 0.15) is 22.9 Å². The lowest BCUT2D eigenvalue weighted by Gasteiger charge is -2.25. The molecule has 0 bridgehead atoms. The Kier molecular flexibility index (Phi) is 8.15. The Morgan fingerprint density at radius 3 is 1.98 bits per heavy atom. The van der Waals surface area contributed by atoms with Gasteiger partial charge in [-0.1, -0.05) is 91.0 Å². The topological polar surface area (TPSA) is 127 Å². The molecule has 10 nitrogen and oxygen atoms in total. The van der Waals surface area contributed by atoms with Crippen LogP contribution in [0.25, 0.3) is 11.2 Å². The lowest BCUT2D eigenvalue weighted by Crippen LogP contribution is -2.38. The first kappa shape index (κ1) is 26.9. The zero-order valence-electron chi connectivity index (χ0n) is 22.3. The summed E-state index contributed by atoms with van der Waals surface area (Å²) in [4.78, 5) is 23.7. The minimum Gasteiger partial charge on any atom is -0.374 e.